The van der Waals surface area contributed by atoms with Gasteiger partial charge in [-0.1, -0.05) is 0 Å². The van der Waals surface area contributed by atoms with E-state index in [0.717, 1.165) is 6.54 Å². The summed E-state index contributed by atoms with van der Waals surface area (Å²) >= 11 is 0. The molecule has 1 aliphatic rings. The van der Waals surface area contributed by atoms with Gasteiger partial charge in [-0.05, 0) is 12.5 Å². The van der Waals surface area contributed by atoms with Crippen molar-refractivity contribution in [3.63, 3.8) is 0 Å². The van der Waals surface area contributed by atoms with E-state index >= 15 is 0 Å². The second-order valence-electron chi connectivity index (χ2n) is 2.91. The van der Waals surface area contributed by atoms with Crippen molar-refractivity contribution >= 4 is 11.9 Å². The van der Waals surface area contributed by atoms with E-state index in [4.69, 9.17) is 15.6 Å². The highest BCUT2D eigenvalue weighted by atomic mass is 19.4. The van der Waals surface area contributed by atoms with Gasteiger partial charge in [-0.2, -0.15) is 13.2 Å². The molecule has 0 radical (unpaired) electrons. The zero-order chi connectivity index (χ0) is 12.1. The molecule has 1 atom stereocenters. The quantitative estimate of drug-likeness (QED) is 0.575. The molecule has 0 aromatic heterocycles. The van der Waals surface area contributed by atoms with E-state index in [9.17, 15) is 18.0 Å². The average molecular weight is 228 g/mol. The maximum atomic E-state index is 10.6. The largest absolute Gasteiger partial charge is 0.490 e. The number of hydrogen-bond acceptors (Lipinski definition) is 3. The molecule has 1 amide bonds. The van der Waals surface area contributed by atoms with E-state index in [-0.39, 0.29) is 5.91 Å². The molecular formula is C7H11F3N2O3. The third-order valence-electron chi connectivity index (χ3n) is 1.64. The topological polar surface area (TPSA) is 92.4 Å². The minimum Gasteiger partial charge on any atom is -0.475 e. The maximum absolute atomic E-state index is 10.6. The van der Waals surface area contributed by atoms with Crippen LogP contribution in [0.1, 0.15) is 6.42 Å². The second kappa shape index (κ2) is 5.54. The number of nitrogens with one attached hydrogen (secondary N) is 1. The van der Waals surface area contributed by atoms with Crippen molar-refractivity contribution in [2.45, 2.75) is 12.6 Å². The van der Waals surface area contributed by atoms with Crippen molar-refractivity contribution in [2.24, 2.45) is 11.7 Å². The standard InChI is InChI=1S/C5H10N2O.C2HF3O2/c6-2-4-1-5(8)7-3-4;3-2(4,5)1(6)7/h4H,1-3,6H2,(H,7,8);(H,6,7)/t4-;/m0./s1. The van der Waals surface area contributed by atoms with Crippen molar-refractivity contribution in [1.29, 1.82) is 0 Å². The number of amides is 1. The Kier molecular flexibility index (Phi) is 5.06. The molecule has 4 N–H and O–H groups in total. The number of alkyl halides is 3. The highest BCUT2D eigenvalue weighted by Gasteiger charge is 2.38. The summed E-state index contributed by atoms with van der Waals surface area (Å²) in [7, 11) is 0. The highest BCUT2D eigenvalue weighted by molar-refractivity contribution is 5.78. The van der Waals surface area contributed by atoms with Gasteiger partial charge in [-0.15, -0.1) is 0 Å². The molecule has 1 fully saturated rings. The van der Waals surface area contributed by atoms with Crippen molar-refractivity contribution in [3.8, 4) is 0 Å². The lowest BCUT2D eigenvalue weighted by Crippen LogP contribution is -2.21. The van der Waals surface area contributed by atoms with E-state index in [2.05, 4.69) is 5.32 Å². The third kappa shape index (κ3) is 5.89. The molecule has 5 nitrogen and oxygen atoms in total. The third-order valence-corrected chi connectivity index (χ3v) is 1.64. The van der Waals surface area contributed by atoms with Crippen LogP contribution >= 0.6 is 0 Å². The van der Waals surface area contributed by atoms with Gasteiger partial charge in [0.2, 0.25) is 5.91 Å². The fourth-order valence-electron chi connectivity index (χ4n) is 0.831. The van der Waals surface area contributed by atoms with Gasteiger partial charge in [0.15, 0.2) is 0 Å². The summed E-state index contributed by atoms with van der Waals surface area (Å²) in [6.45, 7) is 1.40. The first-order chi connectivity index (χ1) is 6.77. The number of carbonyl (C=O) groups is 2. The lowest BCUT2D eigenvalue weighted by Gasteiger charge is -1.97. The lowest BCUT2D eigenvalue weighted by atomic mass is 10.1. The minimum atomic E-state index is -5.08. The van der Waals surface area contributed by atoms with Crippen LogP contribution < -0.4 is 11.1 Å². The van der Waals surface area contributed by atoms with Crippen LogP contribution in [0.15, 0.2) is 0 Å². The number of hydrogen-bond donors (Lipinski definition) is 3. The van der Waals surface area contributed by atoms with Crippen LogP contribution in [0, 0.1) is 5.92 Å². The molecule has 1 saturated heterocycles. The number of nitrogens with two attached hydrogens (primary N) is 1. The molecule has 0 unspecified atom stereocenters. The molecule has 0 bridgehead atoms. The molecule has 0 saturated carbocycles. The van der Waals surface area contributed by atoms with Crippen LogP contribution in [0.5, 0.6) is 0 Å². The number of carbonyl (C=O) groups excluding carboxylic acids is 1. The van der Waals surface area contributed by atoms with Gasteiger partial charge in [-0.25, -0.2) is 4.79 Å². The van der Waals surface area contributed by atoms with Crippen LogP contribution in [0.25, 0.3) is 0 Å². The number of aliphatic carboxylic acids is 1. The number of rotatable bonds is 1. The molecule has 88 valence electrons. The number of carboxylic acids is 1. The summed E-state index contributed by atoms with van der Waals surface area (Å²) in [6.07, 6.45) is -4.46. The van der Waals surface area contributed by atoms with E-state index < -0.39 is 12.1 Å². The van der Waals surface area contributed by atoms with Crippen LogP contribution in [-0.2, 0) is 9.59 Å². The van der Waals surface area contributed by atoms with Crippen LogP contribution in [0.4, 0.5) is 13.2 Å². The van der Waals surface area contributed by atoms with Crippen molar-refractivity contribution in [3.05, 3.63) is 0 Å². The zero-order valence-electron chi connectivity index (χ0n) is 7.67. The first-order valence-corrected chi connectivity index (χ1v) is 4.04. The molecule has 1 rings (SSSR count). The van der Waals surface area contributed by atoms with Gasteiger partial charge in [0, 0.05) is 13.0 Å². The van der Waals surface area contributed by atoms with Gasteiger partial charge in [0.1, 0.15) is 0 Å². The fraction of sp³-hybridized carbons (Fsp3) is 0.714. The van der Waals surface area contributed by atoms with Crippen LogP contribution in [-0.4, -0.2) is 36.2 Å². The molecule has 15 heavy (non-hydrogen) atoms. The zero-order valence-corrected chi connectivity index (χ0v) is 7.67. The van der Waals surface area contributed by atoms with Gasteiger partial charge < -0.3 is 16.2 Å². The number of halogens is 3. The summed E-state index contributed by atoms with van der Waals surface area (Å²) < 4.78 is 31.7. The van der Waals surface area contributed by atoms with Crippen LogP contribution in [0.3, 0.4) is 0 Å². The molecule has 0 aliphatic carbocycles. The lowest BCUT2D eigenvalue weighted by molar-refractivity contribution is -0.192. The summed E-state index contributed by atoms with van der Waals surface area (Å²) in [5.74, 6) is -2.23. The van der Waals surface area contributed by atoms with E-state index in [1.54, 1.807) is 0 Å². The Morgan fingerprint density at radius 2 is 2.07 bits per heavy atom. The Morgan fingerprint density at radius 1 is 1.60 bits per heavy atom. The van der Waals surface area contributed by atoms with Crippen LogP contribution in [0.2, 0.25) is 0 Å². The summed E-state index contributed by atoms with van der Waals surface area (Å²) in [4.78, 5) is 19.3. The molecular weight excluding hydrogens is 217 g/mol. The Labute approximate surface area is 83.4 Å². The Morgan fingerprint density at radius 3 is 2.20 bits per heavy atom. The van der Waals surface area contributed by atoms with E-state index in [1.165, 1.54) is 0 Å². The SMILES string of the molecule is NC[C@H]1CNC(=O)C1.O=C(O)C(F)(F)F. The van der Waals surface area contributed by atoms with Gasteiger partial charge in [0.05, 0.1) is 0 Å². The van der Waals surface area contributed by atoms with Gasteiger partial charge >= 0.3 is 12.1 Å². The molecule has 1 heterocycles. The first kappa shape index (κ1) is 13.7. The predicted octanol–water partition coefficient (Wildman–Crippen LogP) is -0.286. The Hall–Kier alpha value is -1.31. The molecule has 0 aromatic rings. The average Bonchev–Trinajstić information content (AvgIpc) is 2.50. The predicted molar refractivity (Wildman–Crippen MR) is 43.9 cm³/mol. The van der Waals surface area contributed by atoms with E-state index in [1.807, 2.05) is 0 Å². The van der Waals surface area contributed by atoms with Gasteiger partial charge in [-0.3, -0.25) is 4.79 Å². The fourth-order valence-corrected chi connectivity index (χ4v) is 0.831. The normalized spacial score (nSPS) is 20.3. The highest BCUT2D eigenvalue weighted by Crippen LogP contribution is 2.13. The Balaban J connectivity index is 0.000000265. The monoisotopic (exact) mass is 228 g/mol. The number of carboxylic acid groups (broad SMARTS) is 1. The summed E-state index contributed by atoms with van der Waals surface area (Å²) in [5.41, 5.74) is 5.30. The van der Waals surface area contributed by atoms with Gasteiger partial charge in [0.25, 0.3) is 0 Å². The summed E-state index contributed by atoms with van der Waals surface area (Å²) in [5, 5.41) is 9.83. The van der Waals surface area contributed by atoms with Crippen molar-refractivity contribution in [1.82, 2.24) is 5.32 Å². The minimum absolute atomic E-state index is 0.139. The van der Waals surface area contributed by atoms with Crippen molar-refractivity contribution < 1.29 is 27.9 Å². The molecule has 0 aromatic carbocycles. The maximum Gasteiger partial charge on any atom is 0.490 e. The second-order valence-corrected chi connectivity index (χ2v) is 2.91. The first-order valence-electron chi connectivity index (χ1n) is 4.04. The molecule has 8 heteroatoms. The smallest absolute Gasteiger partial charge is 0.475 e. The molecule has 1 aliphatic heterocycles. The van der Waals surface area contributed by atoms with E-state index in [0.29, 0.717) is 18.9 Å². The van der Waals surface area contributed by atoms with Crippen molar-refractivity contribution in [2.75, 3.05) is 13.1 Å². The Bertz CT molecular complexity index is 242. The summed E-state index contributed by atoms with van der Waals surface area (Å²) in [6, 6.07) is 0. The molecule has 0 spiro atoms.